The lowest BCUT2D eigenvalue weighted by Gasteiger charge is -2.28. The lowest BCUT2D eigenvalue weighted by molar-refractivity contribution is 0.0179. The van der Waals surface area contributed by atoms with Crippen molar-refractivity contribution >= 4 is 23.9 Å². The number of hydrogen-bond acceptors (Lipinski definition) is 7. The van der Waals surface area contributed by atoms with E-state index < -0.39 is 41.9 Å². The molecule has 0 spiro atoms. The zero-order valence-corrected chi connectivity index (χ0v) is 24.6. The number of nitrogens with zero attached hydrogens (tertiary/aromatic N) is 1. The van der Waals surface area contributed by atoms with Gasteiger partial charge in [-0.3, -0.25) is 4.79 Å². The normalized spacial score (nSPS) is 16.1. The molecule has 10 nitrogen and oxygen atoms in total. The van der Waals surface area contributed by atoms with Crippen LogP contribution in [0, 0.1) is 5.82 Å². The minimum absolute atomic E-state index is 0.0847. The van der Waals surface area contributed by atoms with Gasteiger partial charge in [-0.05, 0) is 91.2 Å². The summed E-state index contributed by atoms with van der Waals surface area (Å²) in [6.45, 7) is 0.508. The van der Waals surface area contributed by atoms with E-state index in [0.717, 1.165) is 17.7 Å². The molecule has 1 heterocycles. The highest BCUT2D eigenvalue weighted by molar-refractivity contribution is 5.95. The number of ether oxygens (including phenoxy) is 3. The van der Waals surface area contributed by atoms with E-state index in [1.807, 2.05) is 30.3 Å². The van der Waals surface area contributed by atoms with Crippen molar-refractivity contribution in [2.45, 2.75) is 31.6 Å². The van der Waals surface area contributed by atoms with Crippen molar-refractivity contribution in [3.05, 3.63) is 131 Å². The van der Waals surface area contributed by atoms with E-state index in [1.165, 1.54) is 41.3 Å². The summed E-state index contributed by atoms with van der Waals surface area (Å²) in [6.07, 6.45) is -1.19. The highest BCUT2D eigenvalue weighted by atomic mass is 19.1. The summed E-state index contributed by atoms with van der Waals surface area (Å²) in [7, 11) is 0. The van der Waals surface area contributed by atoms with Crippen LogP contribution in [0.2, 0.25) is 0 Å². The second-order valence-corrected chi connectivity index (χ2v) is 10.6. The van der Waals surface area contributed by atoms with Crippen LogP contribution in [-0.2, 0) is 11.3 Å². The quantitative estimate of drug-likeness (QED) is 0.178. The van der Waals surface area contributed by atoms with Crippen LogP contribution in [0.4, 0.5) is 9.18 Å². The van der Waals surface area contributed by atoms with E-state index in [2.05, 4.69) is 5.32 Å². The van der Waals surface area contributed by atoms with Crippen LogP contribution in [0.25, 0.3) is 0 Å². The first kappa shape index (κ1) is 31.7. The highest BCUT2D eigenvalue weighted by Gasteiger charge is 2.33. The van der Waals surface area contributed by atoms with Crippen molar-refractivity contribution in [1.82, 2.24) is 10.2 Å². The van der Waals surface area contributed by atoms with Crippen LogP contribution < -0.4 is 14.8 Å². The molecule has 11 heteroatoms. The Bertz CT molecular complexity index is 1660. The Morgan fingerprint density at radius 2 is 1.39 bits per heavy atom. The van der Waals surface area contributed by atoms with Gasteiger partial charge in [0.25, 0.3) is 5.91 Å². The summed E-state index contributed by atoms with van der Waals surface area (Å²) in [5.41, 5.74) is 1.66. The number of halogens is 1. The predicted molar refractivity (Wildman–Crippen MR) is 164 cm³/mol. The summed E-state index contributed by atoms with van der Waals surface area (Å²) in [4.78, 5) is 51.6. The van der Waals surface area contributed by atoms with Gasteiger partial charge in [-0.15, -0.1) is 0 Å². The molecular weight excluding hydrogens is 595 g/mol. The van der Waals surface area contributed by atoms with E-state index in [1.54, 1.807) is 24.3 Å². The van der Waals surface area contributed by atoms with E-state index in [4.69, 9.17) is 14.2 Å². The van der Waals surface area contributed by atoms with Gasteiger partial charge >= 0.3 is 18.0 Å². The molecule has 2 N–H and O–H groups in total. The lowest BCUT2D eigenvalue weighted by Crippen LogP contribution is -2.51. The highest BCUT2D eigenvalue weighted by Crippen LogP contribution is 2.21. The SMILES string of the molecule is O=C(NC1CN(C(=O)O)CCCC1OC(=O)c1ccc(OCc2ccccc2)cc1)c1ccc(OC(=O)c2ccc(F)cc2)cc1. The molecule has 236 valence electrons. The Hall–Kier alpha value is -5.71. The molecule has 1 aliphatic rings. The van der Waals surface area contributed by atoms with Gasteiger partial charge in [0.05, 0.1) is 17.2 Å². The van der Waals surface area contributed by atoms with Crippen molar-refractivity contribution in [2.75, 3.05) is 13.1 Å². The van der Waals surface area contributed by atoms with Crippen molar-refractivity contribution < 1.29 is 42.9 Å². The van der Waals surface area contributed by atoms with Gasteiger partial charge in [-0.25, -0.2) is 18.8 Å². The molecule has 0 aliphatic carbocycles. The molecule has 46 heavy (non-hydrogen) atoms. The summed E-state index contributed by atoms with van der Waals surface area (Å²) in [6, 6.07) is 25.9. The number of rotatable bonds is 9. The third-order valence-corrected chi connectivity index (χ3v) is 7.37. The summed E-state index contributed by atoms with van der Waals surface area (Å²) < 4.78 is 30.0. The number of carbonyl (C=O) groups excluding carboxylic acids is 3. The first-order valence-corrected chi connectivity index (χ1v) is 14.6. The molecule has 2 atom stereocenters. The largest absolute Gasteiger partial charge is 0.489 e. The van der Waals surface area contributed by atoms with E-state index >= 15 is 0 Å². The second kappa shape index (κ2) is 14.8. The molecule has 0 radical (unpaired) electrons. The molecule has 4 aromatic rings. The van der Waals surface area contributed by atoms with Crippen LogP contribution >= 0.6 is 0 Å². The van der Waals surface area contributed by atoms with Gasteiger partial charge in [0.1, 0.15) is 30.0 Å². The number of esters is 2. The molecule has 1 aliphatic heterocycles. The topological polar surface area (TPSA) is 131 Å². The molecule has 5 rings (SSSR count). The number of likely N-dealkylation sites (tertiary alicyclic amines) is 1. The van der Waals surface area contributed by atoms with Crippen LogP contribution in [0.1, 0.15) is 49.5 Å². The molecule has 4 aromatic carbocycles. The van der Waals surface area contributed by atoms with Gasteiger partial charge in [0, 0.05) is 18.7 Å². The average molecular weight is 627 g/mol. The third-order valence-electron chi connectivity index (χ3n) is 7.37. The molecule has 1 saturated heterocycles. The number of carboxylic acid groups (broad SMARTS) is 1. The fourth-order valence-corrected chi connectivity index (χ4v) is 4.90. The van der Waals surface area contributed by atoms with Gasteiger partial charge in [-0.1, -0.05) is 30.3 Å². The number of carbonyl (C=O) groups is 4. The maximum Gasteiger partial charge on any atom is 0.407 e. The van der Waals surface area contributed by atoms with E-state index in [0.29, 0.717) is 25.2 Å². The van der Waals surface area contributed by atoms with Crippen molar-refractivity contribution in [3.63, 3.8) is 0 Å². The molecule has 0 aromatic heterocycles. The summed E-state index contributed by atoms with van der Waals surface area (Å²) in [5.74, 6) is -1.58. The maximum absolute atomic E-state index is 13.2. The minimum Gasteiger partial charge on any atom is -0.489 e. The Balaban J connectivity index is 1.22. The standard InChI is InChI=1S/C35H31FN2O8/c36-27-14-8-25(9-15-27)33(40)45-29-18-10-24(11-19-29)32(39)37-30-21-38(35(42)43)20-4-7-31(30)46-34(41)26-12-16-28(17-13-26)44-22-23-5-2-1-3-6-23/h1-3,5-6,8-19,30-31H,4,7,20-22H2,(H,37,39)(H,42,43). The number of benzene rings is 4. The minimum atomic E-state index is -1.15. The van der Waals surface area contributed by atoms with Crippen LogP contribution in [0.5, 0.6) is 11.5 Å². The van der Waals surface area contributed by atoms with Crippen LogP contribution in [0.3, 0.4) is 0 Å². The third kappa shape index (κ3) is 8.47. The monoisotopic (exact) mass is 626 g/mol. The Morgan fingerprint density at radius 1 is 0.783 bits per heavy atom. The summed E-state index contributed by atoms with van der Waals surface area (Å²) >= 11 is 0. The molecule has 0 saturated carbocycles. The molecule has 2 unspecified atom stereocenters. The Morgan fingerprint density at radius 3 is 2.07 bits per heavy atom. The lowest BCUT2D eigenvalue weighted by atomic mass is 10.1. The van der Waals surface area contributed by atoms with Gasteiger partial charge < -0.3 is 29.5 Å². The maximum atomic E-state index is 13.2. The molecule has 1 fully saturated rings. The van der Waals surface area contributed by atoms with Gasteiger partial charge in [-0.2, -0.15) is 0 Å². The average Bonchev–Trinajstić information content (AvgIpc) is 3.27. The van der Waals surface area contributed by atoms with Crippen molar-refractivity contribution in [3.8, 4) is 11.5 Å². The zero-order valence-electron chi connectivity index (χ0n) is 24.6. The van der Waals surface area contributed by atoms with Gasteiger partial charge in [0.2, 0.25) is 0 Å². The molecule has 2 amide bonds. The van der Waals surface area contributed by atoms with Crippen LogP contribution in [-0.4, -0.2) is 59.2 Å². The van der Waals surface area contributed by atoms with Crippen molar-refractivity contribution in [1.29, 1.82) is 0 Å². The second-order valence-electron chi connectivity index (χ2n) is 10.6. The smallest absolute Gasteiger partial charge is 0.407 e. The zero-order chi connectivity index (χ0) is 32.5. The molecular formula is C35H31FN2O8. The predicted octanol–water partition coefficient (Wildman–Crippen LogP) is 5.72. The fraction of sp³-hybridized carbons (Fsp3) is 0.200. The van der Waals surface area contributed by atoms with E-state index in [9.17, 15) is 28.7 Å². The number of amides is 2. The first-order valence-electron chi connectivity index (χ1n) is 14.6. The fourth-order valence-electron chi connectivity index (χ4n) is 4.90. The number of nitrogens with one attached hydrogen (secondary N) is 1. The molecule has 0 bridgehead atoms. The first-order chi connectivity index (χ1) is 22.2. The number of hydrogen-bond donors (Lipinski definition) is 2. The summed E-state index contributed by atoms with van der Waals surface area (Å²) in [5, 5.41) is 12.5. The van der Waals surface area contributed by atoms with Crippen molar-refractivity contribution in [2.24, 2.45) is 0 Å². The van der Waals surface area contributed by atoms with Crippen LogP contribution in [0.15, 0.2) is 103 Å². The Kier molecular flexibility index (Phi) is 10.2. The van der Waals surface area contributed by atoms with E-state index in [-0.39, 0.29) is 35.5 Å². The van der Waals surface area contributed by atoms with Gasteiger partial charge in [0.15, 0.2) is 0 Å². The Labute approximate surface area is 264 Å².